The minimum atomic E-state index is -1.14. The zero-order valence-electron chi connectivity index (χ0n) is 29.0. The molecule has 0 radical (unpaired) electrons. The van der Waals surface area contributed by atoms with Crippen molar-refractivity contribution in [3.63, 3.8) is 0 Å². The highest BCUT2D eigenvalue weighted by Crippen LogP contribution is 2.48. The molecule has 53 heavy (non-hydrogen) atoms. The van der Waals surface area contributed by atoms with Crippen molar-refractivity contribution in [2.75, 3.05) is 39.4 Å². The second-order valence-corrected chi connectivity index (χ2v) is 12.7. The predicted molar refractivity (Wildman–Crippen MR) is 193 cm³/mol. The lowest BCUT2D eigenvalue weighted by Gasteiger charge is -2.44. The minimum Gasteiger partial charge on any atom is -0.497 e. The van der Waals surface area contributed by atoms with E-state index in [1.54, 1.807) is 37.2 Å². The third-order valence-electron chi connectivity index (χ3n) is 9.71. The summed E-state index contributed by atoms with van der Waals surface area (Å²) in [6, 6.07) is 34.4. The predicted octanol–water partition coefficient (Wildman–Crippen LogP) is 4.68. The fourth-order valence-electron chi connectivity index (χ4n) is 7.03. The van der Waals surface area contributed by atoms with Crippen LogP contribution in [0.4, 0.5) is 5.82 Å². The molecule has 4 atom stereocenters. The number of nitrogens with one attached hydrogen (secondary N) is 1. The number of methoxy groups -OCH3 is 2. The molecule has 2 aliphatic heterocycles. The average Bonchev–Trinajstić information content (AvgIpc) is 3.71. The van der Waals surface area contributed by atoms with Gasteiger partial charge in [0.25, 0.3) is 5.91 Å². The molecule has 2 aliphatic rings. The van der Waals surface area contributed by atoms with Gasteiger partial charge in [-0.15, -0.1) is 0 Å². The SMILES string of the molecule is COc1ccc(C(OC[C@H]2O[C@]3(n4cnc5c(NC(=O)COc6ccccc6)ncnc54)CO[C@@H]3[C@@H]2O)(c2ccccc2)c2ccc(OC)cc2)cc1. The van der Waals surface area contributed by atoms with E-state index in [4.69, 9.17) is 28.4 Å². The van der Waals surface area contributed by atoms with Crippen molar-refractivity contribution in [1.29, 1.82) is 0 Å². The van der Waals surface area contributed by atoms with E-state index in [1.165, 1.54) is 6.33 Å². The Morgan fingerprint density at radius 3 is 2.08 bits per heavy atom. The van der Waals surface area contributed by atoms with Crippen LogP contribution in [0.5, 0.6) is 17.2 Å². The third-order valence-corrected chi connectivity index (χ3v) is 9.71. The maximum absolute atomic E-state index is 12.8. The summed E-state index contributed by atoms with van der Waals surface area (Å²) in [5.41, 5.74) is 1.05. The van der Waals surface area contributed by atoms with Crippen LogP contribution in [0.2, 0.25) is 0 Å². The molecular formula is C40H37N5O8. The van der Waals surface area contributed by atoms with Gasteiger partial charge >= 0.3 is 0 Å². The Kier molecular flexibility index (Phi) is 9.22. The van der Waals surface area contributed by atoms with E-state index in [-0.39, 0.29) is 25.6 Å². The van der Waals surface area contributed by atoms with E-state index in [0.717, 1.165) is 16.7 Å². The largest absolute Gasteiger partial charge is 0.497 e. The van der Waals surface area contributed by atoms with Crippen LogP contribution in [-0.2, 0) is 30.3 Å². The van der Waals surface area contributed by atoms with Crippen molar-refractivity contribution in [1.82, 2.24) is 19.5 Å². The average molecular weight is 716 g/mol. The van der Waals surface area contributed by atoms with Crippen molar-refractivity contribution < 1.29 is 38.3 Å². The first-order valence-electron chi connectivity index (χ1n) is 17.1. The molecule has 0 saturated carbocycles. The van der Waals surface area contributed by atoms with E-state index in [2.05, 4.69) is 20.3 Å². The third kappa shape index (κ3) is 6.13. The molecule has 2 fully saturated rings. The molecule has 4 heterocycles. The Bertz CT molecular complexity index is 2140. The van der Waals surface area contributed by atoms with Gasteiger partial charge in [-0.25, -0.2) is 15.0 Å². The number of benzene rings is 4. The van der Waals surface area contributed by atoms with Crippen molar-refractivity contribution in [3.8, 4) is 17.2 Å². The molecule has 0 bridgehead atoms. The molecule has 0 aliphatic carbocycles. The number of aliphatic hydroxyl groups is 1. The Hall–Kier alpha value is -5.86. The molecule has 2 saturated heterocycles. The van der Waals surface area contributed by atoms with Gasteiger partial charge in [-0.05, 0) is 53.1 Å². The van der Waals surface area contributed by atoms with E-state index in [0.29, 0.717) is 28.4 Å². The summed E-state index contributed by atoms with van der Waals surface area (Å²) >= 11 is 0. The summed E-state index contributed by atoms with van der Waals surface area (Å²) < 4.78 is 38.0. The first-order chi connectivity index (χ1) is 25.9. The zero-order valence-corrected chi connectivity index (χ0v) is 29.0. The number of hydrogen-bond acceptors (Lipinski definition) is 11. The second-order valence-electron chi connectivity index (χ2n) is 12.7. The van der Waals surface area contributed by atoms with Crippen LogP contribution in [0, 0.1) is 0 Å². The number of carbonyl (C=O) groups excluding carboxylic acids is 1. The second kappa shape index (κ2) is 14.3. The molecule has 1 amide bonds. The topological polar surface area (TPSA) is 148 Å². The summed E-state index contributed by atoms with van der Waals surface area (Å²) in [5, 5.41) is 14.5. The maximum atomic E-state index is 12.8. The van der Waals surface area contributed by atoms with Gasteiger partial charge in [0.15, 0.2) is 29.3 Å². The van der Waals surface area contributed by atoms with Gasteiger partial charge in [0, 0.05) is 0 Å². The molecule has 2 N–H and O–H groups in total. The highest BCUT2D eigenvalue weighted by atomic mass is 16.7. The molecule has 8 rings (SSSR count). The zero-order chi connectivity index (χ0) is 36.4. The normalized spacial score (nSPS) is 20.7. The number of aromatic nitrogens is 4. The van der Waals surface area contributed by atoms with Gasteiger partial charge in [0.2, 0.25) is 0 Å². The molecule has 6 aromatic rings. The summed E-state index contributed by atoms with van der Waals surface area (Å²) in [4.78, 5) is 26.1. The maximum Gasteiger partial charge on any atom is 0.263 e. The van der Waals surface area contributed by atoms with Crippen molar-refractivity contribution in [2.24, 2.45) is 0 Å². The Morgan fingerprint density at radius 1 is 0.849 bits per heavy atom. The number of anilines is 1. The fourth-order valence-corrected chi connectivity index (χ4v) is 7.03. The monoisotopic (exact) mass is 715 g/mol. The highest BCUT2D eigenvalue weighted by Gasteiger charge is 2.64. The number of imidazole rings is 1. The first kappa shape index (κ1) is 34.2. The van der Waals surface area contributed by atoms with Gasteiger partial charge in [0.05, 0.1) is 33.8 Å². The first-order valence-corrected chi connectivity index (χ1v) is 17.1. The number of hydrogen-bond donors (Lipinski definition) is 2. The Labute approximate surface area is 305 Å². The van der Waals surface area contributed by atoms with Crippen LogP contribution in [0.15, 0.2) is 122 Å². The van der Waals surface area contributed by atoms with Gasteiger partial charge in [0.1, 0.15) is 47.5 Å². The minimum absolute atomic E-state index is 0.0138. The van der Waals surface area contributed by atoms with Crippen LogP contribution in [0.1, 0.15) is 16.7 Å². The number of para-hydroxylation sites is 1. The number of carbonyl (C=O) groups is 1. The number of ether oxygens (including phenoxy) is 6. The molecule has 0 unspecified atom stereocenters. The number of fused-ring (bicyclic) bond motifs is 2. The van der Waals surface area contributed by atoms with E-state index in [1.807, 2.05) is 97.1 Å². The molecule has 2 aromatic heterocycles. The number of rotatable bonds is 13. The molecule has 13 heteroatoms. The molecule has 270 valence electrons. The molecule has 4 aromatic carbocycles. The van der Waals surface area contributed by atoms with Gasteiger partial charge in [-0.2, -0.15) is 0 Å². The summed E-state index contributed by atoms with van der Waals surface area (Å²) in [6.07, 6.45) is 0.287. The molecular weight excluding hydrogens is 678 g/mol. The van der Waals surface area contributed by atoms with Crippen LogP contribution >= 0.6 is 0 Å². The number of nitrogens with zero attached hydrogens (tertiary/aromatic N) is 4. The standard InChI is InChI=1S/C40H37N5O8/c1-48-29-17-13-27(14-18-29)40(26-9-5-3-6-10-26,28-15-19-30(49-2)20-16-28)52-21-32-35(47)36-39(53-32,23-51-36)45-25-43-34-37(41-24-42-38(34)45)44-33(46)22-50-31-11-7-4-8-12-31/h3-20,24-25,32,35-36,47H,21-23H2,1-2H3,(H,41,42,44,46)/t32-,35-,36-,39-/m1/s1. The van der Waals surface area contributed by atoms with Crippen LogP contribution in [0.25, 0.3) is 11.2 Å². The van der Waals surface area contributed by atoms with Crippen LogP contribution in [0.3, 0.4) is 0 Å². The van der Waals surface area contributed by atoms with Gasteiger partial charge in [-0.3, -0.25) is 9.36 Å². The van der Waals surface area contributed by atoms with E-state index >= 15 is 0 Å². The smallest absolute Gasteiger partial charge is 0.263 e. The molecule has 0 spiro atoms. The van der Waals surface area contributed by atoms with Crippen LogP contribution in [-0.4, -0.2) is 82.9 Å². The quantitative estimate of drug-likeness (QED) is 0.161. The van der Waals surface area contributed by atoms with Crippen molar-refractivity contribution in [3.05, 3.63) is 139 Å². The lowest BCUT2D eigenvalue weighted by molar-refractivity contribution is -0.276. The van der Waals surface area contributed by atoms with Crippen molar-refractivity contribution >= 4 is 22.9 Å². The molecule has 13 nitrogen and oxygen atoms in total. The van der Waals surface area contributed by atoms with Crippen LogP contribution < -0.4 is 19.5 Å². The van der Waals surface area contributed by atoms with Gasteiger partial charge in [-0.1, -0.05) is 72.8 Å². The Morgan fingerprint density at radius 2 is 1.47 bits per heavy atom. The van der Waals surface area contributed by atoms with Gasteiger partial charge < -0.3 is 38.8 Å². The lowest BCUT2D eigenvalue weighted by atomic mass is 9.80. The highest BCUT2D eigenvalue weighted by molar-refractivity contribution is 5.97. The Balaban J connectivity index is 1.08. The van der Waals surface area contributed by atoms with E-state index in [9.17, 15) is 9.90 Å². The fraction of sp³-hybridized carbons (Fsp3) is 0.250. The van der Waals surface area contributed by atoms with Crippen molar-refractivity contribution in [2.45, 2.75) is 29.6 Å². The lowest BCUT2D eigenvalue weighted by Crippen LogP contribution is -2.59. The number of amides is 1. The number of aliphatic hydroxyl groups excluding tert-OH is 1. The summed E-state index contributed by atoms with van der Waals surface area (Å²) in [5.74, 6) is 1.78. The summed E-state index contributed by atoms with van der Waals surface area (Å²) in [7, 11) is 3.25. The summed E-state index contributed by atoms with van der Waals surface area (Å²) in [6.45, 7) is -0.0985. The van der Waals surface area contributed by atoms with E-state index < -0.39 is 35.5 Å².